The van der Waals surface area contributed by atoms with E-state index in [0.29, 0.717) is 41.8 Å². The second kappa shape index (κ2) is 14.4. The molecular formula is C30H40N6O8. The van der Waals surface area contributed by atoms with Gasteiger partial charge in [-0.1, -0.05) is 12.5 Å². The molecule has 14 heteroatoms. The minimum atomic E-state index is -0.881. The summed E-state index contributed by atoms with van der Waals surface area (Å²) in [6.07, 6.45) is 3.87. The lowest BCUT2D eigenvalue weighted by Gasteiger charge is -2.28. The molecule has 1 unspecified atom stereocenters. The normalized spacial score (nSPS) is 16.3. The maximum Gasteiger partial charge on any atom is 0.332 e. The molecule has 14 nitrogen and oxygen atoms in total. The van der Waals surface area contributed by atoms with Gasteiger partial charge in [-0.05, 0) is 67.7 Å². The maximum atomic E-state index is 12.4. The van der Waals surface area contributed by atoms with Gasteiger partial charge in [0.25, 0.3) is 5.56 Å². The lowest BCUT2D eigenvalue weighted by atomic mass is 9.95. The van der Waals surface area contributed by atoms with Crippen molar-refractivity contribution in [1.82, 2.24) is 29.3 Å². The van der Waals surface area contributed by atoms with Crippen LogP contribution in [0.3, 0.4) is 0 Å². The van der Waals surface area contributed by atoms with Gasteiger partial charge in [-0.25, -0.2) is 9.78 Å². The van der Waals surface area contributed by atoms with E-state index >= 15 is 0 Å². The fourth-order valence-electron chi connectivity index (χ4n) is 5.21. The highest BCUT2D eigenvalue weighted by Crippen LogP contribution is 2.30. The van der Waals surface area contributed by atoms with Crippen LogP contribution in [-0.4, -0.2) is 75.0 Å². The minimum Gasteiger partial charge on any atom is -0.508 e. The zero-order chi connectivity index (χ0) is 32.0. The Morgan fingerprint density at radius 3 is 2.34 bits per heavy atom. The Balaban J connectivity index is 0.000000233. The summed E-state index contributed by atoms with van der Waals surface area (Å²) in [5.41, 5.74) is 0.962. The second-order valence-electron chi connectivity index (χ2n) is 10.9. The van der Waals surface area contributed by atoms with E-state index in [9.17, 15) is 40.2 Å². The molecule has 0 amide bonds. The van der Waals surface area contributed by atoms with Gasteiger partial charge < -0.3 is 45.8 Å². The number of aromatic nitrogens is 4. The minimum absolute atomic E-state index is 0.0395. The number of phenols is 4. The van der Waals surface area contributed by atoms with Gasteiger partial charge in [0.2, 0.25) is 0 Å². The number of aryl methyl sites for hydroxylation is 2. The van der Waals surface area contributed by atoms with Crippen molar-refractivity contribution in [1.29, 1.82) is 0 Å². The molecule has 0 saturated carbocycles. The number of aromatic hydroxyl groups is 4. The van der Waals surface area contributed by atoms with Crippen molar-refractivity contribution in [3.63, 3.8) is 0 Å². The molecule has 5 rings (SSSR count). The highest BCUT2D eigenvalue weighted by molar-refractivity contribution is 5.69. The zero-order valence-corrected chi connectivity index (χ0v) is 24.7. The van der Waals surface area contributed by atoms with Crippen molar-refractivity contribution in [2.75, 3.05) is 19.6 Å². The van der Waals surface area contributed by atoms with Crippen molar-refractivity contribution in [2.45, 2.75) is 50.5 Å². The molecule has 0 spiro atoms. The van der Waals surface area contributed by atoms with E-state index < -0.39 is 17.9 Å². The molecule has 2 aromatic carbocycles. The van der Waals surface area contributed by atoms with Gasteiger partial charge in [-0.2, -0.15) is 0 Å². The van der Waals surface area contributed by atoms with Gasteiger partial charge >= 0.3 is 5.69 Å². The highest BCUT2D eigenvalue weighted by atomic mass is 16.3. The summed E-state index contributed by atoms with van der Waals surface area (Å²) in [5.74, 6) is -0.575. The number of fused-ring (bicyclic) bond motifs is 1. The van der Waals surface area contributed by atoms with Gasteiger partial charge in [-0.3, -0.25) is 13.9 Å². The molecule has 3 atom stereocenters. The number of hydrogen-bond acceptors (Lipinski definition) is 11. The van der Waals surface area contributed by atoms with Crippen LogP contribution in [0.1, 0.15) is 49.0 Å². The number of piperidine rings is 1. The van der Waals surface area contributed by atoms with Crippen LogP contribution in [0.25, 0.3) is 11.2 Å². The summed E-state index contributed by atoms with van der Waals surface area (Å²) >= 11 is 0. The molecular weight excluding hydrogens is 572 g/mol. The van der Waals surface area contributed by atoms with Gasteiger partial charge in [0.1, 0.15) is 11.5 Å². The van der Waals surface area contributed by atoms with E-state index in [1.807, 2.05) is 0 Å². The fraction of sp³-hybridized carbons (Fsp3) is 0.433. The average Bonchev–Trinajstić information content (AvgIpc) is 3.44. The molecule has 8 N–H and O–H groups in total. The van der Waals surface area contributed by atoms with Crippen LogP contribution in [-0.2, 0) is 20.6 Å². The third-order valence-corrected chi connectivity index (χ3v) is 7.69. The Hall–Kier alpha value is -4.37. The van der Waals surface area contributed by atoms with Crippen molar-refractivity contribution < 1.29 is 30.6 Å². The molecule has 1 fully saturated rings. The zero-order valence-electron chi connectivity index (χ0n) is 24.7. The number of imidazole rings is 1. The number of aliphatic hydroxyl groups excluding tert-OH is 2. The first-order chi connectivity index (χ1) is 21.0. The molecule has 44 heavy (non-hydrogen) atoms. The van der Waals surface area contributed by atoms with E-state index in [-0.39, 0.29) is 41.1 Å². The Morgan fingerprint density at radius 2 is 1.68 bits per heavy atom. The monoisotopic (exact) mass is 612 g/mol. The smallest absolute Gasteiger partial charge is 0.332 e. The van der Waals surface area contributed by atoms with Crippen molar-refractivity contribution in [2.24, 2.45) is 14.1 Å². The maximum absolute atomic E-state index is 12.4. The quantitative estimate of drug-likeness (QED) is 0.0981. The molecule has 0 radical (unpaired) electrons. The highest BCUT2D eigenvalue weighted by Gasteiger charge is 2.23. The number of benzene rings is 2. The first-order valence-corrected chi connectivity index (χ1v) is 14.4. The Morgan fingerprint density at radius 1 is 0.955 bits per heavy atom. The summed E-state index contributed by atoms with van der Waals surface area (Å²) in [6, 6.07) is 8.47. The number of phenolic OH excluding ortho intramolecular Hbond substituents is 4. The summed E-state index contributed by atoms with van der Waals surface area (Å²) in [4.78, 5) is 28.5. The molecule has 0 bridgehead atoms. The van der Waals surface area contributed by atoms with Gasteiger partial charge in [0, 0.05) is 39.3 Å². The van der Waals surface area contributed by atoms with Crippen LogP contribution in [0, 0.1) is 0 Å². The van der Waals surface area contributed by atoms with Gasteiger partial charge in [0.05, 0.1) is 18.5 Å². The summed E-state index contributed by atoms with van der Waals surface area (Å²) in [6.45, 7) is 2.24. The van der Waals surface area contributed by atoms with Crippen LogP contribution in [0.2, 0.25) is 0 Å². The third-order valence-electron chi connectivity index (χ3n) is 7.69. The number of hydrogen-bond donors (Lipinski definition) is 8. The van der Waals surface area contributed by atoms with Crippen molar-refractivity contribution in [3.8, 4) is 23.0 Å². The first kappa shape index (κ1) is 32.5. The molecule has 1 aliphatic rings. The predicted octanol–water partition coefficient (Wildman–Crippen LogP) is 0.831. The number of nitrogens with zero attached hydrogens (tertiary/aromatic N) is 4. The first-order valence-electron chi connectivity index (χ1n) is 14.4. The molecule has 1 saturated heterocycles. The molecule has 4 aromatic rings. The Kier molecular flexibility index (Phi) is 10.7. The van der Waals surface area contributed by atoms with Gasteiger partial charge in [-0.15, -0.1) is 0 Å². The fourth-order valence-corrected chi connectivity index (χ4v) is 5.21. The number of aliphatic hydroxyl groups is 2. The number of rotatable bonds is 9. The summed E-state index contributed by atoms with van der Waals surface area (Å²) in [7, 11) is 3.01. The predicted molar refractivity (Wildman–Crippen MR) is 163 cm³/mol. The van der Waals surface area contributed by atoms with E-state index in [1.165, 1.54) is 48.3 Å². The third kappa shape index (κ3) is 7.58. The number of nitrogens with one attached hydrogen (secondary N) is 2. The molecule has 238 valence electrons. The van der Waals surface area contributed by atoms with Crippen LogP contribution < -0.4 is 21.9 Å². The molecule has 3 heterocycles. The summed E-state index contributed by atoms with van der Waals surface area (Å²) in [5, 5.41) is 64.1. The van der Waals surface area contributed by atoms with Crippen LogP contribution in [0.5, 0.6) is 23.0 Å². The van der Waals surface area contributed by atoms with E-state index in [0.717, 1.165) is 30.4 Å². The van der Waals surface area contributed by atoms with Crippen LogP contribution >= 0.6 is 0 Å². The van der Waals surface area contributed by atoms with Gasteiger partial charge in [0.15, 0.2) is 22.7 Å². The van der Waals surface area contributed by atoms with E-state index in [2.05, 4.69) is 15.6 Å². The molecule has 2 aromatic heterocycles. The molecule has 0 aliphatic carbocycles. The molecule has 1 aliphatic heterocycles. The average molecular weight is 613 g/mol. The lowest BCUT2D eigenvalue weighted by molar-refractivity contribution is 0.113. The van der Waals surface area contributed by atoms with Crippen molar-refractivity contribution >= 4 is 11.2 Å². The van der Waals surface area contributed by atoms with Crippen LogP contribution in [0.15, 0.2) is 52.3 Å². The van der Waals surface area contributed by atoms with E-state index in [1.54, 1.807) is 17.7 Å². The second-order valence-corrected chi connectivity index (χ2v) is 10.9. The largest absolute Gasteiger partial charge is 0.508 e. The Bertz CT molecular complexity index is 1670. The Labute approximate surface area is 253 Å². The lowest BCUT2D eigenvalue weighted by Crippen LogP contribution is -2.38. The van der Waals surface area contributed by atoms with Crippen LogP contribution in [0.4, 0.5) is 0 Å². The van der Waals surface area contributed by atoms with E-state index in [4.69, 9.17) is 0 Å². The topological polar surface area (TPSA) is 207 Å². The summed E-state index contributed by atoms with van der Waals surface area (Å²) < 4.78 is 4.11. The SMILES string of the molecule is Cn1c(=O)c2c(ncn2CCCNCC(O)c2cc(O)cc(O)c2)n(C)c1=O.Oc1ccc([C@H](O)[C@H]2CCCCN2)cc1O. The van der Waals surface area contributed by atoms with Crippen molar-refractivity contribution in [3.05, 3.63) is 74.7 Å². The standard InChI is InChI=1S/C18H23N5O5.C12H17NO3/c1-21-16-15(17(27)22(2)18(21)28)23(10-20-16)5-3-4-19-9-14(26)11-6-12(24)8-13(25)7-11;14-10-5-4-8(7-11(10)15)12(16)9-3-1-2-6-13-9/h6-8,10,14,19,24-26H,3-5,9H2,1-2H3;4-5,7,9,12-16H,1-3,6H2/t;9-,12+/m.1/s1.